The van der Waals surface area contributed by atoms with Crippen LogP contribution in [0.1, 0.15) is 36.9 Å². The summed E-state index contributed by atoms with van der Waals surface area (Å²) in [6, 6.07) is 6.77. The molecule has 0 unspecified atom stereocenters. The SMILES string of the molecule is CC(=O)NCc1nc(-c2ccc(NCC3(c4ncccc4F)CCC3)nn2)cs1. The largest absolute Gasteiger partial charge is 0.368 e. The van der Waals surface area contributed by atoms with Crippen LogP contribution in [0.5, 0.6) is 0 Å². The average Bonchev–Trinajstić information content (AvgIpc) is 3.16. The Hall–Kier alpha value is -2.94. The molecule has 150 valence electrons. The number of aromatic nitrogens is 4. The van der Waals surface area contributed by atoms with Crippen LogP contribution < -0.4 is 10.6 Å². The first-order valence-corrected chi connectivity index (χ1v) is 10.3. The fourth-order valence-corrected chi connectivity index (χ4v) is 4.14. The molecule has 9 heteroatoms. The second kappa shape index (κ2) is 8.20. The van der Waals surface area contributed by atoms with Gasteiger partial charge < -0.3 is 10.6 Å². The molecule has 1 saturated carbocycles. The number of halogens is 1. The van der Waals surface area contributed by atoms with E-state index in [0.717, 1.165) is 30.0 Å². The molecule has 0 aromatic carbocycles. The first kappa shape index (κ1) is 19.4. The van der Waals surface area contributed by atoms with Crippen LogP contribution in [0.4, 0.5) is 10.2 Å². The lowest BCUT2D eigenvalue weighted by atomic mass is 9.66. The third-order valence-electron chi connectivity index (χ3n) is 5.15. The van der Waals surface area contributed by atoms with Gasteiger partial charge in [0.25, 0.3) is 0 Å². The van der Waals surface area contributed by atoms with Crippen molar-refractivity contribution in [1.82, 2.24) is 25.5 Å². The van der Waals surface area contributed by atoms with Gasteiger partial charge in [-0.2, -0.15) is 0 Å². The number of carbonyl (C=O) groups excluding carboxylic acids is 1. The number of thiazole rings is 1. The van der Waals surface area contributed by atoms with Gasteiger partial charge >= 0.3 is 0 Å². The normalized spacial score (nSPS) is 14.8. The van der Waals surface area contributed by atoms with Crippen LogP contribution in [0.25, 0.3) is 11.4 Å². The molecule has 7 nitrogen and oxygen atoms in total. The summed E-state index contributed by atoms with van der Waals surface area (Å²) in [5, 5.41) is 17.2. The van der Waals surface area contributed by atoms with Gasteiger partial charge in [-0.1, -0.05) is 6.42 Å². The minimum absolute atomic E-state index is 0.0909. The van der Waals surface area contributed by atoms with Crippen LogP contribution in [-0.2, 0) is 16.8 Å². The number of nitrogens with zero attached hydrogens (tertiary/aromatic N) is 4. The molecule has 2 N–H and O–H groups in total. The van der Waals surface area contributed by atoms with Crippen LogP contribution >= 0.6 is 11.3 Å². The van der Waals surface area contributed by atoms with Gasteiger partial charge in [0.1, 0.15) is 28.0 Å². The summed E-state index contributed by atoms with van der Waals surface area (Å²) in [6.07, 6.45) is 4.50. The number of hydrogen-bond donors (Lipinski definition) is 2. The summed E-state index contributed by atoms with van der Waals surface area (Å²) in [7, 11) is 0. The van der Waals surface area contributed by atoms with Crippen molar-refractivity contribution in [1.29, 1.82) is 0 Å². The molecule has 0 bridgehead atoms. The first-order chi connectivity index (χ1) is 14.1. The summed E-state index contributed by atoms with van der Waals surface area (Å²) in [4.78, 5) is 19.8. The van der Waals surface area contributed by atoms with Gasteiger partial charge in [0, 0.05) is 30.5 Å². The molecule has 3 aromatic rings. The molecule has 1 aliphatic carbocycles. The minimum atomic E-state index is -0.292. The highest BCUT2D eigenvalue weighted by Crippen LogP contribution is 2.43. The minimum Gasteiger partial charge on any atom is -0.368 e. The zero-order chi connectivity index (χ0) is 20.3. The number of amides is 1. The van der Waals surface area contributed by atoms with E-state index in [-0.39, 0.29) is 17.1 Å². The Morgan fingerprint density at radius 2 is 2.10 bits per heavy atom. The predicted octanol–water partition coefficient (Wildman–Crippen LogP) is 3.30. The standard InChI is InChI=1S/C20H21FN6OS/c1-13(28)23-10-18-25-16(11-29-18)15-5-6-17(27-26-15)24-12-20(7-3-8-20)19-14(21)4-2-9-22-19/h2,4-6,9,11H,3,7-8,10,12H2,1H3,(H,23,28)(H,24,27). The Labute approximate surface area is 171 Å². The second-order valence-corrected chi connectivity index (χ2v) is 8.10. The molecule has 0 spiro atoms. The van der Waals surface area contributed by atoms with E-state index >= 15 is 0 Å². The molecular weight excluding hydrogens is 391 g/mol. The molecule has 0 radical (unpaired) electrons. The zero-order valence-electron chi connectivity index (χ0n) is 16.0. The maximum Gasteiger partial charge on any atom is 0.217 e. The molecule has 3 aromatic heterocycles. The predicted molar refractivity (Wildman–Crippen MR) is 109 cm³/mol. The van der Waals surface area contributed by atoms with Gasteiger partial charge in [0.05, 0.1) is 12.2 Å². The lowest BCUT2D eigenvalue weighted by Crippen LogP contribution is -2.42. The fourth-order valence-electron chi connectivity index (χ4n) is 3.41. The number of hydrogen-bond acceptors (Lipinski definition) is 7. The molecule has 29 heavy (non-hydrogen) atoms. The molecule has 0 saturated heterocycles. The Bertz CT molecular complexity index is 1000. The molecule has 4 rings (SSSR count). The fraction of sp³-hybridized carbons (Fsp3) is 0.350. The second-order valence-electron chi connectivity index (χ2n) is 7.16. The number of rotatable bonds is 7. The summed E-state index contributed by atoms with van der Waals surface area (Å²) in [6.45, 7) is 2.44. The van der Waals surface area contributed by atoms with Crippen molar-refractivity contribution in [2.24, 2.45) is 0 Å². The van der Waals surface area contributed by atoms with Crippen LogP contribution in [0, 0.1) is 5.82 Å². The summed E-state index contributed by atoms with van der Waals surface area (Å²) in [5.74, 6) is 0.283. The maximum atomic E-state index is 14.2. The molecule has 1 aliphatic rings. The number of pyridine rings is 1. The Morgan fingerprint density at radius 1 is 1.24 bits per heavy atom. The van der Waals surface area contributed by atoms with Gasteiger partial charge in [-0.05, 0) is 37.1 Å². The summed E-state index contributed by atoms with van der Waals surface area (Å²) >= 11 is 1.46. The Balaban J connectivity index is 1.41. The average molecular weight is 412 g/mol. The van der Waals surface area contributed by atoms with E-state index in [1.165, 1.54) is 24.3 Å². The van der Waals surface area contributed by atoms with Crippen LogP contribution in [0.2, 0.25) is 0 Å². The quantitative estimate of drug-likeness (QED) is 0.619. The maximum absolute atomic E-state index is 14.2. The van der Waals surface area contributed by atoms with E-state index in [1.54, 1.807) is 12.3 Å². The van der Waals surface area contributed by atoms with Crippen molar-refractivity contribution in [2.75, 3.05) is 11.9 Å². The van der Waals surface area contributed by atoms with E-state index in [4.69, 9.17) is 0 Å². The van der Waals surface area contributed by atoms with Gasteiger partial charge in [-0.15, -0.1) is 21.5 Å². The summed E-state index contributed by atoms with van der Waals surface area (Å²) < 4.78 is 14.2. The van der Waals surface area contributed by atoms with Crippen molar-refractivity contribution in [2.45, 2.75) is 38.1 Å². The molecule has 3 heterocycles. The van der Waals surface area contributed by atoms with Crippen LogP contribution in [0.3, 0.4) is 0 Å². The molecule has 1 amide bonds. The van der Waals surface area contributed by atoms with Crippen molar-refractivity contribution < 1.29 is 9.18 Å². The van der Waals surface area contributed by atoms with Crippen molar-refractivity contribution in [3.8, 4) is 11.4 Å². The molecule has 0 aliphatic heterocycles. The number of carbonyl (C=O) groups is 1. The topological polar surface area (TPSA) is 92.7 Å². The van der Waals surface area contributed by atoms with Crippen molar-refractivity contribution >= 4 is 23.1 Å². The van der Waals surface area contributed by atoms with Crippen LogP contribution in [0.15, 0.2) is 35.8 Å². The van der Waals surface area contributed by atoms with Gasteiger partial charge in [-0.25, -0.2) is 9.37 Å². The van der Waals surface area contributed by atoms with Gasteiger partial charge in [0.2, 0.25) is 5.91 Å². The van der Waals surface area contributed by atoms with E-state index in [0.29, 0.717) is 30.3 Å². The van der Waals surface area contributed by atoms with Crippen molar-refractivity contribution in [3.63, 3.8) is 0 Å². The monoisotopic (exact) mass is 412 g/mol. The third-order valence-corrected chi connectivity index (χ3v) is 6.00. The first-order valence-electron chi connectivity index (χ1n) is 9.44. The summed E-state index contributed by atoms with van der Waals surface area (Å²) in [5.41, 5.74) is 1.62. The van der Waals surface area contributed by atoms with E-state index in [1.807, 2.05) is 17.5 Å². The lowest BCUT2D eigenvalue weighted by Gasteiger charge is -2.41. The highest BCUT2D eigenvalue weighted by molar-refractivity contribution is 7.09. The lowest BCUT2D eigenvalue weighted by molar-refractivity contribution is -0.119. The zero-order valence-corrected chi connectivity index (χ0v) is 16.8. The van der Waals surface area contributed by atoms with E-state index < -0.39 is 0 Å². The van der Waals surface area contributed by atoms with Gasteiger partial charge in [0.15, 0.2) is 0 Å². The van der Waals surface area contributed by atoms with Crippen LogP contribution in [-0.4, -0.2) is 32.6 Å². The van der Waals surface area contributed by atoms with Crippen molar-refractivity contribution in [3.05, 3.63) is 52.4 Å². The Morgan fingerprint density at radius 3 is 2.76 bits per heavy atom. The van der Waals surface area contributed by atoms with Gasteiger partial charge in [-0.3, -0.25) is 9.78 Å². The van der Waals surface area contributed by atoms with E-state index in [9.17, 15) is 9.18 Å². The van der Waals surface area contributed by atoms with E-state index in [2.05, 4.69) is 30.8 Å². The smallest absolute Gasteiger partial charge is 0.217 e. The highest BCUT2D eigenvalue weighted by atomic mass is 32.1. The Kier molecular flexibility index (Phi) is 5.48. The number of nitrogens with one attached hydrogen (secondary N) is 2. The number of anilines is 1. The molecule has 1 fully saturated rings. The molecule has 0 atom stereocenters. The highest BCUT2D eigenvalue weighted by Gasteiger charge is 2.41. The molecular formula is C20H21FN6OS. The third kappa shape index (κ3) is 4.24.